The van der Waals surface area contributed by atoms with E-state index in [2.05, 4.69) is 15.2 Å². The van der Waals surface area contributed by atoms with Crippen LogP contribution in [0.4, 0.5) is 10.5 Å². The van der Waals surface area contributed by atoms with Crippen molar-refractivity contribution in [2.75, 3.05) is 31.1 Å². The van der Waals surface area contributed by atoms with Gasteiger partial charge in [-0.25, -0.2) is 4.79 Å². The number of anilines is 1. The van der Waals surface area contributed by atoms with Gasteiger partial charge in [-0.3, -0.25) is 4.98 Å². The smallest absolute Gasteiger partial charge is 0.317 e. The largest absolute Gasteiger partial charge is 0.368 e. The summed E-state index contributed by atoms with van der Waals surface area (Å²) in [5.74, 6) is 0. The Hall–Kier alpha value is -1.82. The number of nitrogens with two attached hydrogens (primary N) is 1. The number of urea groups is 1. The van der Waals surface area contributed by atoms with Crippen LogP contribution in [0.5, 0.6) is 0 Å². The zero-order valence-electron chi connectivity index (χ0n) is 10.2. The van der Waals surface area contributed by atoms with Crippen LogP contribution < -0.4 is 16.0 Å². The molecule has 1 aromatic heterocycles. The molecular weight excluding hydrogens is 230 g/mol. The van der Waals surface area contributed by atoms with Crippen molar-refractivity contribution in [3.63, 3.8) is 0 Å². The minimum atomic E-state index is 0.0667. The molecule has 3 rings (SSSR count). The molecule has 2 aliphatic rings. The Bertz CT molecular complexity index is 464. The molecule has 96 valence electrons. The summed E-state index contributed by atoms with van der Waals surface area (Å²) in [4.78, 5) is 19.9. The Morgan fingerprint density at radius 2 is 2.39 bits per heavy atom. The number of amides is 2. The van der Waals surface area contributed by atoms with Crippen LogP contribution in [0.3, 0.4) is 0 Å². The van der Waals surface area contributed by atoms with Crippen molar-refractivity contribution in [2.45, 2.75) is 12.6 Å². The highest BCUT2D eigenvalue weighted by Gasteiger charge is 2.35. The van der Waals surface area contributed by atoms with E-state index in [0.29, 0.717) is 6.54 Å². The van der Waals surface area contributed by atoms with E-state index < -0.39 is 0 Å². The average molecular weight is 247 g/mol. The van der Waals surface area contributed by atoms with Gasteiger partial charge in [0.25, 0.3) is 0 Å². The predicted molar refractivity (Wildman–Crippen MR) is 68.2 cm³/mol. The van der Waals surface area contributed by atoms with Gasteiger partial charge in [0.2, 0.25) is 0 Å². The first-order valence-corrected chi connectivity index (χ1v) is 6.22. The maximum atomic E-state index is 11.5. The molecule has 2 amide bonds. The SMILES string of the molecule is NCc1cc(N2CCN3C(=O)NCC3C2)ccn1. The molecule has 0 saturated carbocycles. The molecule has 1 atom stereocenters. The van der Waals surface area contributed by atoms with Gasteiger partial charge in [-0.15, -0.1) is 0 Å². The molecule has 3 N–H and O–H groups in total. The number of hydrogen-bond acceptors (Lipinski definition) is 4. The van der Waals surface area contributed by atoms with E-state index in [1.807, 2.05) is 17.0 Å². The van der Waals surface area contributed by atoms with Crippen molar-refractivity contribution in [2.24, 2.45) is 5.73 Å². The lowest BCUT2D eigenvalue weighted by molar-refractivity contribution is 0.197. The normalized spacial score (nSPS) is 22.9. The second-order valence-electron chi connectivity index (χ2n) is 4.69. The Morgan fingerprint density at radius 3 is 3.22 bits per heavy atom. The van der Waals surface area contributed by atoms with Crippen LogP contribution in [0.1, 0.15) is 5.69 Å². The summed E-state index contributed by atoms with van der Waals surface area (Å²) >= 11 is 0. The number of nitrogens with zero attached hydrogens (tertiary/aromatic N) is 3. The van der Waals surface area contributed by atoms with E-state index in [9.17, 15) is 4.79 Å². The van der Waals surface area contributed by atoms with E-state index in [1.54, 1.807) is 6.20 Å². The zero-order chi connectivity index (χ0) is 12.5. The molecule has 2 fully saturated rings. The summed E-state index contributed by atoms with van der Waals surface area (Å²) in [5, 5.41) is 2.88. The number of fused-ring (bicyclic) bond motifs is 1. The van der Waals surface area contributed by atoms with Gasteiger partial charge in [0.15, 0.2) is 0 Å². The second-order valence-corrected chi connectivity index (χ2v) is 4.69. The van der Waals surface area contributed by atoms with Crippen molar-refractivity contribution in [1.82, 2.24) is 15.2 Å². The number of aromatic nitrogens is 1. The molecule has 2 aliphatic heterocycles. The second kappa shape index (κ2) is 4.45. The molecule has 3 heterocycles. The van der Waals surface area contributed by atoms with Gasteiger partial charge in [-0.2, -0.15) is 0 Å². The van der Waals surface area contributed by atoms with Gasteiger partial charge in [-0.1, -0.05) is 0 Å². The van der Waals surface area contributed by atoms with Gasteiger partial charge in [0.05, 0.1) is 11.7 Å². The molecule has 18 heavy (non-hydrogen) atoms. The van der Waals surface area contributed by atoms with Crippen LogP contribution in [0.15, 0.2) is 18.3 Å². The van der Waals surface area contributed by atoms with Crippen molar-refractivity contribution < 1.29 is 4.79 Å². The summed E-state index contributed by atoms with van der Waals surface area (Å²) < 4.78 is 0. The summed E-state index contributed by atoms with van der Waals surface area (Å²) in [6, 6.07) is 4.37. The van der Waals surface area contributed by atoms with Crippen LogP contribution >= 0.6 is 0 Å². The molecule has 0 aromatic carbocycles. The van der Waals surface area contributed by atoms with Crippen molar-refractivity contribution >= 4 is 11.7 Å². The average Bonchev–Trinajstić information content (AvgIpc) is 2.80. The highest BCUT2D eigenvalue weighted by atomic mass is 16.2. The van der Waals surface area contributed by atoms with Crippen LogP contribution in [0.25, 0.3) is 0 Å². The number of nitrogens with one attached hydrogen (secondary N) is 1. The van der Waals surface area contributed by atoms with Crippen LogP contribution in [-0.4, -0.2) is 48.1 Å². The molecule has 1 aromatic rings. The molecule has 6 nitrogen and oxygen atoms in total. The summed E-state index contributed by atoms with van der Waals surface area (Å²) in [6.45, 7) is 3.70. The standard InChI is InChI=1S/C12H17N5O/c13-6-9-5-10(1-2-14-9)16-3-4-17-11(8-16)7-15-12(17)18/h1-2,5,11H,3-4,6-8,13H2,(H,15,18). The first-order valence-electron chi connectivity index (χ1n) is 6.22. The third-order valence-corrected chi connectivity index (χ3v) is 3.61. The Balaban J connectivity index is 1.76. The topological polar surface area (TPSA) is 74.5 Å². The van der Waals surface area contributed by atoms with E-state index in [0.717, 1.165) is 37.6 Å². The molecule has 1 unspecified atom stereocenters. The van der Waals surface area contributed by atoms with Gasteiger partial charge < -0.3 is 20.9 Å². The van der Waals surface area contributed by atoms with Gasteiger partial charge >= 0.3 is 6.03 Å². The first kappa shape index (κ1) is 11.3. The zero-order valence-corrected chi connectivity index (χ0v) is 10.2. The number of hydrogen-bond donors (Lipinski definition) is 2. The number of carbonyl (C=O) groups is 1. The van der Waals surface area contributed by atoms with E-state index in [-0.39, 0.29) is 12.1 Å². The van der Waals surface area contributed by atoms with Gasteiger partial charge in [-0.05, 0) is 12.1 Å². The highest BCUT2D eigenvalue weighted by molar-refractivity contribution is 5.77. The predicted octanol–water partition coefficient (Wildman–Crippen LogP) is -0.246. The molecule has 2 saturated heterocycles. The van der Waals surface area contributed by atoms with Gasteiger partial charge in [0.1, 0.15) is 0 Å². The molecule has 6 heteroatoms. The quantitative estimate of drug-likeness (QED) is 0.756. The van der Waals surface area contributed by atoms with Crippen molar-refractivity contribution in [1.29, 1.82) is 0 Å². The highest BCUT2D eigenvalue weighted by Crippen LogP contribution is 2.21. The van der Waals surface area contributed by atoms with Crippen molar-refractivity contribution in [3.05, 3.63) is 24.0 Å². The van der Waals surface area contributed by atoms with E-state index in [1.165, 1.54) is 0 Å². The lowest BCUT2D eigenvalue weighted by atomic mass is 10.1. The third kappa shape index (κ3) is 1.88. The molecule has 0 aliphatic carbocycles. The summed E-state index contributed by atoms with van der Waals surface area (Å²) in [5.41, 5.74) is 7.65. The number of rotatable bonds is 2. The Labute approximate surface area is 106 Å². The van der Waals surface area contributed by atoms with Crippen LogP contribution in [0.2, 0.25) is 0 Å². The fraction of sp³-hybridized carbons (Fsp3) is 0.500. The number of carbonyl (C=O) groups excluding carboxylic acids is 1. The van der Waals surface area contributed by atoms with E-state index >= 15 is 0 Å². The molecule has 0 bridgehead atoms. The maximum absolute atomic E-state index is 11.5. The lowest BCUT2D eigenvalue weighted by Gasteiger charge is -2.37. The lowest BCUT2D eigenvalue weighted by Crippen LogP contribution is -2.52. The summed E-state index contributed by atoms with van der Waals surface area (Å²) in [6.07, 6.45) is 1.79. The number of pyridine rings is 1. The monoisotopic (exact) mass is 247 g/mol. The minimum Gasteiger partial charge on any atom is -0.368 e. The Kier molecular flexibility index (Phi) is 2.79. The number of piperazine rings is 1. The molecule has 0 radical (unpaired) electrons. The van der Waals surface area contributed by atoms with Crippen molar-refractivity contribution in [3.8, 4) is 0 Å². The van der Waals surface area contributed by atoms with E-state index in [4.69, 9.17) is 5.73 Å². The molecular formula is C12H17N5O. The van der Waals surface area contributed by atoms with Crippen LogP contribution in [-0.2, 0) is 6.54 Å². The fourth-order valence-corrected chi connectivity index (χ4v) is 2.61. The summed E-state index contributed by atoms with van der Waals surface area (Å²) in [7, 11) is 0. The first-order chi connectivity index (χ1) is 8.78. The minimum absolute atomic E-state index is 0.0667. The Morgan fingerprint density at radius 1 is 1.50 bits per heavy atom. The maximum Gasteiger partial charge on any atom is 0.317 e. The van der Waals surface area contributed by atoms with Gasteiger partial charge in [0, 0.05) is 44.6 Å². The third-order valence-electron chi connectivity index (χ3n) is 3.61. The fourth-order valence-electron chi connectivity index (χ4n) is 2.61. The molecule has 0 spiro atoms. The van der Waals surface area contributed by atoms with Crippen LogP contribution in [0, 0.1) is 0 Å².